The lowest BCUT2D eigenvalue weighted by atomic mass is 10.6. The Bertz CT molecular complexity index is 358. The van der Waals surface area contributed by atoms with Crippen LogP contribution in [-0.2, 0) is 7.05 Å². The summed E-state index contributed by atoms with van der Waals surface area (Å²) >= 11 is 1.74. The lowest BCUT2D eigenvalue weighted by molar-refractivity contribution is 0.978. The SMILES string of the molecule is Cc1nc2ccn(C)c2s1. The lowest BCUT2D eigenvalue weighted by Gasteiger charge is -1.85. The van der Waals surface area contributed by atoms with E-state index in [4.69, 9.17) is 0 Å². The minimum Gasteiger partial charge on any atom is -0.341 e. The normalized spacial score (nSPS) is 11.0. The molecule has 10 heavy (non-hydrogen) atoms. The Morgan fingerprint density at radius 1 is 1.60 bits per heavy atom. The molecule has 0 aliphatic heterocycles. The van der Waals surface area contributed by atoms with Gasteiger partial charge in [-0.3, -0.25) is 0 Å². The summed E-state index contributed by atoms with van der Waals surface area (Å²) in [4.78, 5) is 5.59. The first-order chi connectivity index (χ1) is 4.77. The van der Waals surface area contributed by atoms with E-state index in [2.05, 4.69) is 9.55 Å². The third-order valence-electron chi connectivity index (χ3n) is 1.52. The molecule has 0 bridgehead atoms. The van der Waals surface area contributed by atoms with Gasteiger partial charge < -0.3 is 4.57 Å². The van der Waals surface area contributed by atoms with Gasteiger partial charge in [0.1, 0.15) is 4.83 Å². The molecule has 2 aromatic heterocycles. The van der Waals surface area contributed by atoms with E-state index in [0.29, 0.717) is 0 Å². The smallest absolute Gasteiger partial charge is 0.123 e. The van der Waals surface area contributed by atoms with Crippen molar-refractivity contribution in [2.24, 2.45) is 7.05 Å². The van der Waals surface area contributed by atoms with E-state index in [0.717, 1.165) is 10.5 Å². The highest BCUT2D eigenvalue weighted by atomic mass is 32.1. The van der Waals surface area contributed by atoms with Crippen molar-refractivity contribution >= 4 is 21.7 Å². The van der Waals surface area contributed by atoms with Crippen molar-refractivity contribution in [3.8, 4) is 0 Å². The van der Waals surface area contributed by atoms with E-state index in [1.165, 1.54) is 4.83 Å². The van der Waals surface area contributed by atoms with Crippen LogP contribution in [0.3, 0.4) is 0 Å². The Kier molecular flexibility index (Phi) is 1.08. The number of aryl methyl sites for hydroxylation is 2. The molecule has 2 heterocycles. The van der Waals surface area contributed by atoms with Crippen LogP contribution >= 0.6 is 11.3 Å². The molecule has 0 aromatic carbocycles. The van der Waals surface area contributed by atoms with Crippen molar-refractivity contribution in [3.63, 3.8) is 0 Å². The Balaban J connectivity index is 2.90. The standard InChI is InChI=1S/C7H8N2S/c1-5-8-6-3-4-9(2)7(6)10-5/h3-4H,1-2H3. The molecule has 0 N–H and O–H groups in total. The Morgan fingerprint density at radius 2 is 2.40 bits per heavy atom. The first kappa shape index (κ1) is 5.92. The second-order valence-electron chi connectivity index (χ2n) is 2.35. The fourth-order valence-corrected chi connectivity index (χ4v) is 1.89. The molecule has 0 fully saturated rings. The van der Waals surface area contributed by atoms with Gasteiger partial charge in [0.2, 0.25) is 0 Å². The van der Waals surface area contributed by atoms with Crippen molar-refractivity contribution in [1.29, 1.82) is 0 Å². The maximum absolute atomic E-state index is 4.33. The van der Waals surface area contributed by atoms with Crippen LogP contribution in [0.5, 0.6) is 0 Å². The first-order valence-electron chi connectivity index (χ1n) is 3.16. The Hall–Kier alpha value is -0.830. The largest absolute Gasteiger partial charge is 0.341 e. The molecule has 0 aliphatic carbocycles. The quantitative estimate of drug-likeness (QED) is 0.564. The van der Waals surface area contributed by atoms with Gasteiger partial charge >= 0.3 is 0 Å². The van der Waals surface area contributed by atoms with Crippen LogP contribution < -0.4 is 0 Å². The van der Waals surface area contributed by atoms with Gasteiger partial charge in [-0.1, -0.05) is 0 Å². The van der Waals surface area contributed by atoms with Gasteiger partial charge in [0.25, 0.3) is 0 Å². The monoisotopic (exact) mass is 152 g/mol. The molecular weight excluding hydrogens is 144 g/mol. The predicted molar refractivity (Wildman–Crippen MR) is 43.3 cm³/mol. The van der Waals surface area contributed by atoms with Gasteiger partial charge in [-0.2, -0.15) is 0 Å². The summed E-state index contributed by atoms with van der Waals surface area (Å²) < 4.78 is 2.10. The van der Waals surface area contributed by atoms with Crippen molar-refractivity contribution < 1.29 is 0 Å². The van der Waals surface area contributed by atoms with Crippen molar-refractivity contribution in [3.05, 3.63) is 17.3 Å². The Labute approximate surface area is 63.1 Å². The molecule has 2 nitrogen and oxygen atoms in total. The fraction of sp³-hybridized carbons (Fsp3) is 0.286. The number of thiazole rings is 1. The number of rotatable bonds is 0. The maximum Gasteiger partial charge on any atom is 0.123 e. The van der Waals surface area contributed by atoms with E-state index >= 15 is 0 Å². The molecule has 0 amide bonds. The Morgan fingerprint density at radius 3 is 3.10 bits per heavy atom. The van der Waals surface area contributed by atoms with Crippen LogP contribution in [0.25, 0.3) is 10.3 Å². The summed E-state index contributed by atoms with van der Waals surface area (Å²) in [5.41, 5.74) is 1.12. The zero-order chi connectivity index (χ0) is 7.14. The highest BCUT2D eigenvalue weighted by Gasteiger charge is 2.01. The summed E-state index contributed by atoms with van der Waals surface area (Å²) in [6.45, 7) is 2.03. The second kappa shape index (κ2) is 1.83. The second-order valence-corrected chi connectivity index (χ2v) is 3.53. The first-order valence-corrected chi connectivity index (χ1v) is 3.97. The fourth-order valence-electron chi connectivity index (χ4n) is 1.04. The number of hydrogen-bond donors (Lipinski definition) is 0. The van der Waals surface area contributed by atoms with E-state index < -0.39 is 0 Å². The predicted octanol–water partition coefficient (Wildman–Crippen LogP) is 1.94. The van der Waals surface area contributed by atoms with Gasteiger partial charge in [-0.15, -0.1) is 11.3 Å². The average molecular weight is 152 g/mol. The minimum atomic E-state index is 1.12. The molecule has 0 saturated carbocycles. The molecule has 0 unspecified atom stereocenters. The lowest BCUT2D eigenvalue weighted by Crippen LogP contribution is -1.78. The molecule has 0 atom stereocenters. The topological polar surface area (TPSA) is 17.8 Å². The summed E-state index contributed by atoms with van der Waals surface area (Å²) in [5.74, 6) is 0. The number of aromatic nitrogens is 2. The van der Waals surface area contributed by atoms with Crippen LogP contribution in [0.1, 0.15) is 5.01 Å². The van der Waals surface area contributed by atoms with Crippen LogP contribution in [-0.4, -0.2) is 9.55 Å². The van der Waals surface area contributed by atoms with Crippen molar-refractivity contribution in [2.75, 3.05) is 0 Å². The van der Waals surface area contributed by atoms with Gasteiger partial charge in [0, 0.05) is 13.2 Å². The average Bonchev–Trinajstić information content (AvgIpc) is 2.35. The van der Waals surface area contributed by atoms with E-state index in [9.17, 15) is 0 Å². The van der Waals surface area contributed by atoms with Crippen molar-refractivity contribution in [2.45, 2.75) is 6.92 Å². The zero-order valence-corrected chi connectivity index (χ0v) is 6.77. The molecule has 2 rings (SSSR count). The molecule has 2 aromatic rings. The number of hydrogen-bond acceptors (Lipinski definition) is 2. The maximum atomic E-state index is 4.33. The van der Waals surface area contributed by atoms with Crippen LogP contribution in [0.2, 0.25) is 0 Å². The van der Waals surface area contributed by atoms with E-state index in [1.54, 1.807) is 11.3 Å². The highest BCUT2D eigenvalue weighted by molar-refractivity contribution is 7.18. The number of fused-ring (bicyclic) bond motifs is 1. The van der Waals surface area contributed by atoms with E-state index in [1.807, 2.05) is 26.2 Å². The number of nitrogens with zero attached hydrogens (tertiary/aromatic N) is 2. The van der Waals surface area contributed by atoms with Gasteiger partial charge in [-0.25, -0.2) is 4.98 Å². The molecule has 3 heteroatoms. The molecule has 0 radical (unpaired) electrons. The van der Waals surface area contributed by atoms with Crippen molar-refractivity contribution in [1.82, 2.24) is 9.55 Å². The molecule has 0 spiro atoms. The summed E-state index contributed by atoms with van der Waals surface area (Å²) in [6.07, 6.45) is 2.04. The summed E-state index contributed by atoms with van der Waals surface area (Å²) in [5, 5.41) is 1.14. The zero-order valence-electron chi connectivity index (χ0n) is 5.96. The van der Waals surface area contributed by atoms with Gasteiger partial charge in [0.15, 0.2) is 0 Å². The van der Waals surface area contributed by atoms with Crippen LogP contribution in [0, 0.1) is 6.92 Å². The molecular formula is C7H8N2S. The molecule has 0 aliphatic rings. The van der Waals surface area contributed by atoms with Gasteiger partial charge in [-0.05, 0) is 13.0 Å². The van der Waals surface area contributed by atoms with Gasteiger partial charge in [0.05, 0.1) is 10.5 Å². The molecule has 0 saturated heterocycles. The van der Waals surface area contributed by atoms with Crippen LogP contribution in [0.4, 0.5) is 0 Å². The highest BCUT2D eigenvalue weighted by Crippen LogP contribution is 2.20. The summed E-state index contributed by atoms with van der Waals surface area (Å²) in [6, 6.07) is 2.04. The third-order valence-corrected chi connectivity index (χ3v) is 2.59. The third kappa shape index (κ3) is 0.671. The van der Waals surface area contributed by atoms with E-state index in [-0.39, 0.29) is 0 Å². The van der Waals surface area contributed by atoms with Crippen LogP contribution in [0.15, 0.2) is 12.3 Å². The summed E-state index contributed by atoms with van der Waals surface area (Å²) in [7, 11) is 2.04. The minimum absolute atomic E-state index is 1.12. The molecule has 52 valence electrons.